The van der Waals surface area contributed by atoms with Gasteiger partial charge in [0.1, 0.15) is 6.61 Å². The smallest absolute Gasteiger partial charge is 0.249 e. The molecule has 0 aliphatic heterocycles. The predicted octanol–water partition coefficient (Wildman–Crippen LogP) is 5.89. The number of carbonyl (C=O) groups excluding carboxylic acids is 2. The van der Waals surface area contributed by atoms with Crippen molar-refractivity contribution in [2.24, 2.45) is 0 Å². The number of hydrogen-bond donors (Lipinski definition) is 1. The highest BCUT2D eigenvalue weighted by Gasteiger charge is 2.22. The number of hydrogen-bond acceptors (Lipinski definition) is 3. The molecule has 1 N–H and O–H groups in total. The number of aromatic nitrogens is 1. The van der Waals surface area contributed by atoms with Gasteiger partial charge in [-0.05, 0) is 42.5 Å². The Hall–Kier alpha value is -3.90. The van der Waals surface area contributed by atoms with Gasteiger partial charge in [-0.25, -0.2) is 0 Å². The first-order valence-corrected chi connectivity index (χ1v) is 13.8. The predicted molar refractivity (Wildman–Crippen MR) is 156 cm³/mol. The summed E-state index contributed by atoms with van der Waals surface area (Å²) in [5.41, 5.74) is 5.55. The molecule has 0 saturated carbocycles. The molecule has 3 aromatic carbocycles. The first-order valence-electron chi connectivity index (χ1n) is 13.8. The fraction of sp³-hybridized carbons (Fsp3) is 0.333. The van der Waals surface area contributed by atoms with E-state index in [1.165, 1.54) is 16.5 Å². The van der Waals surface area contributed by atoms with Gasteiger partial charge in [0.25, 0.3) is 0 Å². The van der Waals surface area contributed by atoms with Crippen LogP contribution in [-0.4, -0.2) is 52.8 Å². The molecule has 0 fully saturated rings. The average Bonchev–Trinajstić information content (AvgIpc) is 3.37. The summed E-state index contributed by atoms with van der Waals surface area (Å²) in [5, 5.41) is 1.18. The number of amides is 2. The molecule has 39 heavy (non-hydrogen) atoms. The van der Waals surface area contributed by atoms with E-state index in [1.807, 2.05) is 53.6 Å². The van der Waals surface area contributed by atoms with Crippen LogP contribution in [0.2, 0.25) is 0 Å². The van der Waals surface area contributed by atoms with Crippen molar-refractivity contribution >= 4 is 22.7 Å². The maximum Gasteiger partial charge on any atom is 0.249 e. The van der Waals surface area contributed by atoms with Gasteiger partial charge in [-0.15, -0.1) is 0 Å². The van der Waals surface area contributed by atoms with Gasteiger partial charge in [-0.2, -0.15) is 0 Å². The van der Waals surface area contributed by atoms with E-state index in [2.05, 4.69) is 55.2 Å². The molecule has 0 saturated heterocycles. The number of benzene rings is 3. The maximum atomic E-state index is 13.7. The van der Waals surface area contributed by atoms with Crippen LogP contribution >= 0.6 is 0 Å². The van der Waals surface area contributed by atoms with Gasteiger partial charge in [0.05, 0.1) is 13.2 Å². The number of aryl methyl sites for hydroxylation is 1. The fourth-order valence-electron chi connectivity index (χ4n) is 4.63. The first kappa shape index (κ1) is 28.1. The van der Waals surface area contributed by atoms with E-state index in [0.717, 1.165) is 35.9 Å². The molecule has 0 spiro atoms. The summed E-state index contributed by atoms with van der Waals surface area (Å²) >= 11 is 0. The van der Waals surface area contributed by atoms with Crippen molar-refractivity contribution in [2.45, 2.75) is 46.3 Å². The third-order valence-corrected chi connectivity index (χ3v) is 6.97. The number of nitrogens with zero attached hydrogens (tertiary/aromatic N) is 2. The Morgan fingerprint density at radius 3 is 2.33 bits per heavy atom. The summed E-state index contributed by atoms with van der Waals surface area (Å²) < 4.78 is 5.71. The number of H-pyrrole nitrogens is 1. The Balaban J connectivity index is 1.44. The van der Waals surface area contributed by atoms with Crippen molar-refractivity contribution in [3.8, 4) is 0 Å². The van der Waals surface area contributed by atoms with Crippen LogP contribution in [0.25, 0.3) is 10.9 Å². The molecule has 0 atom stereocenters. The van der Waals surface area contributed by atoms with Gasteiger partial charge in [-0.1, -0.05) is 91.7 Å². The Morgan fingerprint density at radius 1 is 0.821 bits per heavy atom. The lowest BCUT2D eigenvalue weighted by Gasteiger charge is -2.28. The van der Waals surface area contributed by atoms with Crippen LogP contribution in [0.3, 0.4) is 0 Å². The van der Waals surface area contributed by atoms with Gasteiger partial charge in [0.2, 0.25) is 11.8 Å². The number of aromatic amines is 1. The molecule has 0 radical (unpaired) electrons. The summed E-state index contributed by atoms with van der Waals surface area (Å²) in [6.45, 7) is 6.12. The molecule has 0 bridgehead atoms. The van der Waals surface area contributed by atoms with Gasteiger partial charge < -0.3 is 19.5 Å². The van der Waals surface area contributed by atoms with E-state index < -0.39 is 0 Å². The van der Waals surface area contributed by atoms with Gasteiger partial charge in [-0.3, -0.25) is 9.59 Å². The Bertz CT molecular complexity index is 1330. The molecular formula is C33H39N3O3. The molecule has 2 amide bonds. The van der Waals surface area contributed by atoms with Crippen LogP contribution < -0.4 is 0 Å². The molecule has 6 nitrogen and oxygen atoms in total. The van der Waals surface area contributed by atoms with E-state index in [4.69, 9.17) is 4.74 Å². The molecule has 0 aliphatic carbocycles. The third-order valence-electron chi connectivity index (χ3n) is 6.97. The summed E-state index contributed by atoms with van der Waals surface area (Å²) in [7, 11) is 0. The van der Waals surface area contributed by atoms with Crippen molar-refractivity contribution in [3.63, 3.8) is 0 Å². The van der Waals surface area contributed by atoms with Crippen LogP contribution in [-0.2, 0) is 33.9 Å². The van der Waals surface area contributed by atoms with Crippen molar-refractivity contribution in [2.75, 3.05) is 26.2 Å². The Kier molecular flexibility index (Phi) is 10.3. The molecule has 0 aliphatic rings. The zero-order chi connectivity index (χ0) is 27.5. The number of ether oxygens (including phenoxy) is 1. The van der Waals surface area contributed by atoms with Crippen LogP contribution in [0, 0.1) is 6.92 Å². The highest BCUT2D eigenvalue weighted by Crippen LogP contribution is 2.19. The summed E-state index contributed by atoms with van der Waals surface area (Å²) in [6, 6.07) is 26.3. The van der Waals surface area contributed by atoms with Gasteiger partial charge in [0, 0.05) is 36.7 Å². The highest BCUT2D eigenvalue weighted by atomic mass is 16.5. The highest BCUT2D eigenvalue weighted by molar-refractivity contribution is 5.86. The van der Waals surface area contributed by atoms with Crippen molar-refractivity contribution in [1.29, 1.82) is 0 Å². The summed E-state index contributed by atoms with van der Waals surface area (Å²) in [4.78, 5) is 33.7. The van der Waals surface area contributed by atoms with Crippen LogP contribution in [0.5, 0.6) is 0 Å². The second-order valence-corrected chi connectivity index (χ2v) is 10.1. The SMILES string of the molecule is CCCCN(CC(=O)N(CCc1c[nH]c2ccccc12)Cc1ccc(C)cc1)C(=O)COCc1ccccc1. The number of fused-ring (bicyclic) bond motifs is 1. The lowest BCUT2D eigenvalue weighted by molar-refractivity contribution is -0.143. The minimum absolute atomic E-state index is 0.0425. The third kappa shape index (κ3) is 8.29. The van der Waals surface area contributed by atoms with Crippen LogP contribution in [0.1, 0.15) is 42.0 Å². The molecule has 1 heterocycles. The molecule has 0 unspecified atom stereocenters. The first-order chi connectivity index (χ1) is 19.0. The number of nitrogens with one attached hydrogen (secondary N) is 1. The quantitative estimate of drug-likeness (QED) is 0.223. The summed E-state index contributed by atoms with van der Waals surface area (Å²) in [6.07, 6.45) is 4.53. The van der Waals surface area contributed by atoms with E-state index >= 15 is 0 Å². The minimum Gasteiger partial charge on any atom is -0.367 e. The summed E-state index contributed by atoms with van der Waals surface area (Å²) in [5.74, 6) is -0.206. The molecule has 204 valence electrons. The van der Waals surface area contributed by atoms with Gasteiger partial charge >= 0.3 is 0 Å². The van der Waals surface area contributed by atoms with E-state index in [9.17, 15) is 9.59 Å². The standard InChI is InChI=1S/C33H39N3O3/c1-3-4-19-35(33(38)25-39-24-28-10-6-5-7-11-28)23-32(37)36(22-27-16-14-26(2)15-17-27)20-18-29-21-34-31-13-9-8-12-30(29)31/h5-17,21,34H,3-4,18-20,22-25H2,1-2H3. The molecule has 6 heteroatoms. The fourth-order valence-corrected chi connectivity index (χ4v) is 4.63. The van der Waals surface area contributed by atoms with E-state index in [1.54, 1.807) is 4.90 Å². The minimum atomic E-state index is -0.153. The molecule has 4 rings (SSSR count). The number of rotatable bonds is 14. The second-order valence-electron chi connectivity index (χ2n) is 10.1. The monoisotopic (exact) mass is 525 g/mol. The second kappa shape index (κ2) is 14.3. The largest absolute Gasteiger partial charge is 0.367 e. The zero-order valence-corrected chi connectivity index (χ0v) is 23.1. The van der Waals surface area contributed by atoms with Crippen LogP contribution in [0.4, 0.5) is 0 Å². The average molecular weight is 526 g/mol. The molecular weight excluding hydrogens is 486 g/mol. The Morgan fingerprint density at radius 2 is 1.56 bits per heavy atom. The van der Waals surface area contributed by atoms with E-state index in [-0.39, 0.29) is 25.0 Å². The van der Waals surface area contributed by atoms with Crippen LogP contribution in [0.15, 0.2) is 85.1 Å². The number of carbonyl (C=O) groups is 2. The Labute approximate surface area is 231 Å². The zero-order valence-electron chi connectivity index (χ0n) is 23.1. The topological polar surface area (TPSA) is 65.6 Å². The normalized spacial score (nSPS) is 11.0. The molecule has 4 aromatic rings. The van der Waals surface area contributed by atoms with Crippen molar-refractivity contribution in [3.05, 3.63) is 107 Å². The van der Waals surface area contributed by atoms with Crippen molar-refractivity contribution in [1.82, 2.24) is 14.8 Å². The lowest BCUT2D eigenvalue weighted by Crippen LogP contribution is -2.44. The van der Waals surface area contributed by atoms with E-state index in [0.29, 0.717) is 26.2 Å². The van der Waals surface area contributed by atoms with Gasteiger partial charge in [0.15, 0.2) is 0 Å². The van der Waals surface area contributed by atoms with Crippen molar-refractivity contribution < 1.29 is 14.3 Å². The maximum absolute atomic E-state index is 13.7. The lowest BCUT2D eigenvalue weighted by atomic mass is 10.1. The molecule has 1 aromatic heterocycles. The number of unbranched alkanes of at least 4 members (excludes halogenated alkanes) is 1. The number of para-hydroxylation sites is 1.